The third-order valence-electron chi connectivity index (χ3n) is 4.49. The molecule has 1 unspecified atom stereocenters. The summed E-state index contributed by atoms with van der Waals surface area (Å²) in [6, 6.07) is 3.72. The number of hydrogen-bond acceptors (Lipinski definition) is 1. The van der Waals surface area contributed by atoms with Crippen LogP contribution in [0, 0.1) is 5.82 Å². The molecular formula is C15H16ClFN2. The van der Waals surface area contributed by atoms with Crippen LogP contribution in [-0.2, 0) is 13.0 Å². The Kier molecular flexibility index (Phi) is 2.61. The molecule has 2 nitrogen and oxygen atoms in total. The fourth-order valence-electron chi connectivity index (χ4n) is 3.64. The van der Waals surface area contributed by atoms with Crippen LogP contribution in [0.5, 0.6) is 0 Å². The smallest absolute Gasteiger partial charge is 0.124 e. The van der Waals surface area contributed by atoms with Crippen molar-refractivity contribution in [2.75, 3.05) is 13.1 Å². The third kappa shape index (κ3) is 1.79. The number of likely N-dealkylation sites (tertiary alicyclic amines) is 1. The van der Waals surface area contributed by atoms with E-state index in [1.807, 2.05) is 6.20 Å². The van der Waals surface area contributed by atoms with Gasteiger partial charge in [0.1, 0.15) is 5.82 Å². The summed E-state index contributed by atoms with van der Waals surface area (Å²) in [7, 11) is 0. The second-order valence-electron chi connectivity index (χ2n) is 5.69. The molecule has 2 aliphatic heterocycles. The molecule has 0 amide bonds. The molecule has 1 aromatic heterocycles. The van der Waals surface area contributed by atoms with E-state index in [1.54, 1.807) is 12.1 Å². The maximum atomic E-state index is 13.7. The van der Waals surface area contributed by atoms with Gasteiger partial charge in [-0.15, -0.1) is 0 Å². The molecule has 2 aliphatic rings. The van der Waals surface area contributed by atoms with Gasteiger partial charge < -0.3 is 4.57 Å². The summed E-state index contributed by atoms with van der Waals surface area (Å²) in [6.45, 7) is 3.32. The van der Waals surface area contributed by atoms with Gasteiger partial charge >= 0.3 is 0 Å². The lowest BCUT2D eigenvalue weighted by atomic mass is 9.99. The summed E-state index contributed by atoms with van der Waals surface area (Å²) in [5.41, 5.74) is 2.23. The van der Waals surface area contributed by atoms with E-state index in [-0.39, 0.29) is 5.82 Å². The average molecular weight is 279 g/mol. The molecule has 1 fully saturated rings. The van der Waals surface area contributed by atoms with Gasteiger partial charge in [0.2, 0.25) is 0 Å². The van der Waals surface area contributed by atoms with Gasteiger partial charge in [-0.1, -0.05) is 11.6 Å². The molecule has 1 saturated heterocycles. The van der Waals surface area contributed by atoms with E-state index in [0.29, 0.717) is 11.1 Å². The van der Waals surface area contributed by atoms with Crippen LogP contribution in [-0.4, -0.2) is 28.6 Å². The molecule has 0 radical (unpaired) electrons. The van der Waals surface area contributed by atoms with Crippen molar-refractivity contribution >= 4 is 22.5 Å². The lowest BCUT2D eigenvalue weighted by Gasteiger charge is -2.32. The molecule has 2 aromatic rings. The molecule has 0 bridgehead atoms. The minimum absolute atomic E-state index is 0.177. The molecule has 1 atom stereocenters. The van der Waals surface area contributed by atoms with E-state index in [4.69, 9.17) is 11.6 Å². The van der Waals surface area contributed by atoms with Crippen LogP contribution in [0.3, 0.4) is 0 Å². The largest absolute Gasteiger partial charge is 0.344 e. The van der Waals surface area contributed by atoms with Crippen molar-refractivity contribution in [3.05, 3.63) is 34.7 Å². The van der Waals surface area contributed by atoms with E-state index in [9.17, 15) is 4.39 Å². The summed E-state index contributed by atoms with van der Waals surface area (Å²) in [4.78, 5) is 2.54. The van der Waals surface area contributed by atoms with Crippen LogP contribution in [0.15, 0.2) is 18.3 Å². The maximum absolute atomic E-state index is 13.7. The summed E-state index contributed by atoms with van der Waals surface area (Å²) in [6.07, 6.45) is 5.47. The number of benzene rings is 1. The van der Waals surface area contributed by atoms with Crippen molar-refractivity contribution in [3.8, 4) is 0 Å². The summed E-state index contributed by atoms with van der Waals surface area (Å²) in [5.74, 6) is -0.177. The topological polar surface area (TPSA) is 8.17 Å². The van der Waals surface area contributed by atoms with Crippen molar-refractivity contribution in [1.82, 2.24) is 9.47 Å². The van der Waals surface area contributed by atoms with E-state index in [2.05, 4.69) is 9.47 Å². The zero-order valence-electron chi connectivity index (χ0n) is 10.7. The lowest BCUT2D eigenvalue weighted by Crippen LogP contribution is -2.39. The second-order valence-corrected chi connectivity index (χ2v) is 6.10. The van der Waals surface area contributed by atoms with Gasteiger partial charge in [0.05, 0.1) is 10.5 Å². The Bertz CT molecular complexity index is 643. The van der Waals surface area contributed by atoms with Crippen LogP contribution in [0.2, 0.25) is 5.02 Å². The van der Waals surface area contributed by atoms with Crippen LogP contribution in [0.4, 0.5) is 4.39 Å². The average Bonchev–Trinajstić information content (AvgIpc) is 2.99. The Morgan fingerprint density at radius 3 is 2.79 bits per heavy atom. The third-order valence-corrected chi connectivity index (χ3v) is 4.79. The fourth-order valence-corrected chi connectivity index (χ4v) is 3.91. The van der Waals surface area contributed by atoms with Crippen LogP contribution in [0.1, 0.15) is 18.4 Å². The van der Waals surface area contributed by atoms with Crippen LogP contribution >= 0.6 is 11.6 Å². The Balaban J connectivity index is 1.81. The highest BCUT2D eigenvalue weighted by Crippen LogP contribution is 2.34. The van der Waals surface area contributed by atoms with E-state index < -0.39 is 0 Å². The predicted molar refractivity (Wildman–Crippen MR) is 75.2 cm³/mol. The standard InChI is InChI=1S/C15H16ClFN2/c16-14-9-19-8-12(18-3-1-2-4-18)6-10-5-11(17)7-13(14)15(10)19/h5,7,9,12H,1-4,6,8H2. The molecule has 0 spiro atoms. The predicted octanol–water partition coefficient (Wildman–Crippen LogP) is 3.45. The van der Waals surface area contributed by atoms with Crippen molar-refractivity contribution in [3.63, 3.8) is 0 Å². The van der Waals surface area contributed by atoms with Crippen molar-refractivity contribution in [1.29, 1.82) is 0 Å². The number of hydrogen-bond donors (Lipinski definition) is 0. The quantitative estimate of drug-likeness (QED) is 0.776. The van der Waals surface area contributed by atoms with Gasteiger partial charge in [-0.3, -0.25) is 4.90 Å². The Morgan fingerprint density at radius 1 is 1.21 bits per heavy atom. The number of rotatable bonds is 1. The first-order chi connectivity index (χ1) is 9.22. The molecule has 100 valence electrons. The SMILES string of the molecule is Fc1cc2c3c(c1)c(Cl)cn3CC(N1CCCC1)C2. The summed E-state index contributed by atoms with van der Waals surface area (Å²) < 4.78 is 15.9. The minimum Gasteiger partial charge on any atom is -0.344 e. The Hall–Kier alpha value is -1.06. The van der Waals surface area contributed by atoms with Crippen molar-refractivity contribution in [2.45, 2.75) is 31.8 Å². The summed E-state index contributed by atoms with van der Waals surface area (Å²) in [5, 5.41) is 1.52. The zero-order chi connectivity index (χ0) is 13.0. The second kappa shape index (κ2) is 4.22. The number of aromatic nitrogens is 1. The van der Waals surface area contributed by atoms with E-state index in [1.165, 1.54) is 25.9 Å². The molecule has 4 rings (SSSR count). The van der Waals surface area contributed by atoms with E-state index in [0.717, 1.165) is 29.4 Å². The fraction of sp³-hybridized carbons (Fsp3) is 0.467. The van der Waals surface area contributed by atoms with Crippen LogP contribution < -0.4 is 0 Å². The molecule has 1 aromatic carbocycles. The maximum Gasteiger partial charge on any atom is 0.124 e. The van der Waals surface area contributed by atoms with Gasteiger partial charge in [-0.2, -0.15) is 0 Å². The first kappa shape index (κ1) is 11.7. The van der Waals surface area contributed by atoms with Gasteiger partial charge in [0.15, 0.2) is 0 Å². The first-order valence-corrected chi connectivity index (χ1v) is 7.31. The molecule has 0 aliphatic carbocycles. The van der Waals surface area contributed by atoms with Crippen molar-refractivity contribution < 1.29 is 4.39 Å². The highest BCUT2D eigenvalue weighted by atomic mass is 35.5. The Morgan fingerprint density at radius 2 is 2.00 bits per heavy atom. The monoisotopic (exact) mass is 278 g/mol. The lowest BCUT2D eigenvalue weighted by molar-refractivity contribution is 0.214. The van der Waals surface area contributed by atoms with Gasteiger partial charge in [-0.25, -0.2) is 4.39 Å². The highest BCUT2D eigenvalue weighted by Gasteiger charge is 2.28. The van der Waals surface area contributed by atoms with Crippen LogP contribution in [0.25, 0.3) is 10.9 Å². The molecule has 0 saturated carbocycles. The van der Waals surface area contributed by atoms with E-state index >= 15 is 0 Å². The Labute approximate surface area is 116 Å². The molecular weight excluding hydrogens is 263 g/mol. The molecule has 19 heavy (non-hydrogen) atoms. The molecule has 3 heterocycles. The normalized spacial score (nSPS) is 23.4. The first-order valence-electron chi connectivity index (χ1n) is 6.93. The summed E-state index contributed by atoms with van der Waals surface area (Å²) >= 11 is 6.23. The zero-order valence-corrected chi connectivity index (χ0v) is 11.5. The molecule has 4 heteroatoms. The van der Waals surface area contributed by atoms with Crippen molar-refractivity contribution in [2.24, 2.45) is 0 Å². The minimum atomic E-state index is -0.177. The number of halogens is 2. The van der Waals surface area contributed by atoms with Gasteiger partial charge in [0, 0.05) is 24.2 Å². The van der Waals surface area contributed by atoms with Gasteiger partial charge in [-0.05, 0) is 50.0 Å². The molecule has 0 N–H and O–H groups in total. The highest BCUT2D eigenvalue weighted by molar-refractivity contribution is 6.35. The van der Waals surface area contributed by atoms with Gasteiger partial charge in [0.25, 0.3) is 0 Å². The number of nitrogens with zero attached hydrogens (tertiary/aromatic N) is 2.